The van der Waals surface area contributed by atoms with Crippen LogP contribution in [0.3, 0.4) is 0 Å². The Morgan fingerprint density at radius 3 is 1.95 bits per heavy atom. The zero-order chi connectivity index (χ0) is 54.1. The van der Waals surface area contributed by atoms with Crippen LogP contribution in [-0.2, 0) is 29.3 Å². The summed E-state index contributed by atoms with van der Waals surface area (Å²) in [4.78, 5) is 57.1. The lowest BCUT2D eigenvalue weighted by molar-refractivity contribution is 0.0397. The number of hydrogen-bond donors (Lipinski definition) is 4. The van der Waals surface area contributed by atoms with Crippen LogP contribution in [0, 0.1) is 13.8 Å². The van der Waals surface area contributed by atoms with E-state index in [1.54, 1.807) is 81.4 Å². The predicted octanol–water partition coefficient (Wildman–Crippen LogP) is 6.49. The summed E-state index contributed by atoms with van der Waals surface area (Å²) >= 11 is 0. The highest BCUT2D eigenvalue weighted by atomic mass is 32.2. The molecular weight excluding hydrogens is 995 g/mol. The number of anilines is 2. The highest BCUT2D eigenvalue weighted by Gasteiger charge is 2.44. The van der Waals surface area contributed by atoms with Gasteiger partial charge < -0.3 is 39.0 Å². The molecule has 0 spiro atoms. The molecule has 7 rings (SSSR count). The molecular formula is C53H61N5O14S2. The van der Waals surface area contributed by atoms with Crippen LogP contribution in [0.4, 0.5) is 21.0 Å². The molecule has 3 heterocycles. The van der Waals surface area contributed by atoms with Gasteiger partial charge in [0.05, 0.1) is 71.0 Å². The zero-order valence-electron chi connectivity index (χ0n) is 42.0. The van der Waals surface area contributed by atoms with E-state index in [1.165, 1.54) is 55.4 Å². The molecule has 1 unspecified atom stereocenters. The smallest absolute Gasteiger partial charge is 0.416 e. The van der Waals surface area contributed by atoms with Crippen molar-refractivity contribution >= 4 is 66.4 Å². The van der Waals surface area contributed by atoms with Crippen LogP contribution in [0.1, 0.15) is 62.7 Å². The summed E-state index contributed by atoms with van der Waals surface area (Å²) < 4.78 is 71.7. The first-order valence-electron chi connectivity index (χ1n) is 23.4. The lowest BCUT2D eigenvalue weighted by Gasteiger charge is -2.38. The van der Waals surface area contributed by atoms with E-state index in [4.69, 9.17) is 18.9 Å². The van der Waals surface area contributed by atoms with Crippen molar-refractivity contribution in [3.63, 3.8) is 0 Å². The van der Waals surface area contributed by atoms with E-state index >= 15 is 0 Å². The van der Waals surface area contributed by atoms with E-state index in [2.05, 4.69) is 23.2 Å². The van der Waals surface area contributed by atoms with Crippen molar-refractivity contribution in [2.24, 2.45) is 0 Å². The maximum absolute atomic E-state index is 13.7. The summed E-state index contributed by atoms with van der Waals surface area (Å²) in [6, 6.07) is 18.0. The quantitative estimate of drug-likeness (QED) is 0.0930. The monoisotopic (exact) mass is 1060 g/mol. The van der Waals surface area contributed by atoms with Gasteiger partial charge in [-0.1, -0.05) is 68.7 Å². The lowest BCUT2D eigenvalue weighted by atomic mass is 9.93. The standard InChI is InChI=1S/C27H32N2O7S.C26H29N3O7S/c1-5-13-36-27(32)28-24-14-18(3)25(35-4)16-23(24)26(31)29-12-11-20(15-21(29)17-30)19-7-9-22(10-8-19)37(33,34)6-2;1-5-12-36-26(32)29-21-13-16(2)23(35-4)15-20(21)24(30)28-11-10-18(14-22(28)25(29)31)17-6-8-19(9-7-17)37(33,34)27-3/h5,7-11,14,16,21,30H,1,6,12-13,15,17H2,2-4H3,(H,28,32);5-10,13,15,22,25,27,31H,1,11-12,14H2,2-4H3/t21-;22-,25?/m00/s1. The van der Waals surface area contributed by atoms with E-state index in [-0.39, 0.29) is 83.3 Å². The van der Waals surface area contributed by atoms with Gasteiger partial charge in [-0.2, -0.15) is 0 Å². The third-order valence-corrected chi connectivity index (χ3v) is 15.9. The van der Waals surface area contributed by atoms with Crippen molar-refractivity contribution in [3.8, 4) is 11.5 Å². The minimum atomic E-state index is -3.59. The number of nitrogens with one attached hydrogen (secondary N) is 2. The number of fused-ring (bicyclic) bond motifs is 2. The Kier molecular flexibility index (Phi) is 18.3. The number of rotatable bonds is 15. The Balaban J connectivity index is 0.000000241. The number of hydrogen-bond acceptors (Lipinski definition) is 14. The van der Waals surface area contributed by atoms with E-state index in [1.807, 2.05) is 12.2 Å². The molecule has 0 radical (unpaired) electrons. The molecule has 21 heteroatoms. The normalized spacial score (nSPS) is 17.4. The average molecular weight is 1060 g/mol. The number of ether oxygens (including phenoxy) is 4. The molecule has 0 bridgehead atoms. The molecule has 4 aromatic rings. The first kappa shape index (κ1) is 56.0. The van der Waals surface area contributed by atoms with Gasteiger partial charge in [-0.15, -0.1) is 0 Å². The largest absolute Gasteiger partial charge is 0.496 e. The van der Waals surface area contributed by atoms with Crippen molar-refractivity contribution in [2.75, 3.05) is 70.1 Å². The molecule has 0 fully saturated rings. The fourth-order valence-corrected chi connectivity index (χ4v) is 10.3. The number of sulfone groups is 1. The SMILES string of the molecule is C=CCOC(=O)N1c2cc(C)c(OC)cc2C(=O)N2CC=C(c3ccc(S(=O)(=O)NC)cc3)C[C@H]2C1O.C=CCOC(=O)Nc1cc(C)c(OC)cc1C(=O)N1CC=C(c2ccc(S(=O)(=O)CC)cc2)C[C@H]1CO. The van der Waals surface area contributed by atoms with Crippen molar-refractivity contribution < 1.29 is 65.2 Å². The first-order valence-corrected chi connectivity index (χ1v) is 26.6. The molecule has 394 valence electrons. The second-order valence-electron chi connectivity index (χ2n) is 17.2. The van der Waals surface area contributed by atoms with Crippen molar-refractivity contribution in [3.05, 3.63) is 144 Å². The Morgan fingerprint density at radius 2 is 1.36 bits per heavy atom. The highest BCUT2D eigenvalue weighted by molar-refractivity contribution is 7.91. The predicted molar refractivity (Wildman–Crippen MR) is 279 cm³/mol. The fourth-order valence-electron chi connectivity index (χ4n) is 8.72. The van der Waals surface area contributed by atoms with Gasteiger partial charge in [0.25, 0.3) is 11.8 Å². The Hall–Kier alpha value is -7.30. The second-order valence-corrected chi connectivity index (χ2v) is 21.4. The number of benzene rings is 4. The Labute approximate surface area is 431 Å². The number of sulfonamides is 1. The number of carbonyl (C=O) groups excluding carboxylic acids is 4. The van der Waals surface area contributed by atoms with Crippen LogP contribution in [0.5, 0.6) is 11.5 Å². The van der Waals surface area contributed by atoms with Crippen molar-refractivity contribution in [1.82, 2.24) is 14.5 Å². The summed E-state index contributed by atoms with van der Waals surface area (Å²) in [6.07, 6.45) is 4.23. The molecule has 4 N–H and O–H groups in total. The van der Waals surface area contributed by atoms with Crippen LogP contribution in [-0.4, -0.2) is 139 Å². The Morgan fingerprint density at radius 1 is 0.797 bits per heavy atom. The number of aliphatic hydroxyl groups excluding tert-OH is 2. The summed E-state index contributed by atoms with van der Waals surface area (Å²) in [5.74, 6) is 0.220. The van der Waals surface area contributed by atoms with Gasteiger partial charge in [-0.05, 0) is 116 Å². The van der Waals surface area contributed by atoms with Crippen LogP contribution in [0.25, 0.3) is 11.1 Å². The third-order valence-electron chi connectivity index (χ3n) is 12.8. The van der Waals surface area contributed by atoms with Gasteiger partial charge in [-0.3, -0.25) is 14.9 Å². The van der Waals surface area contributed by atoms with Gasteiger partial charge in [0, 0.05) is 13.1 Å². The zero-order valence-corrected chi connectivity index (χ0v) is 43.6. The molecule has 0 saturated carbocycles. The van der Waals surface area contributed by atoms with E-state index in [0.29, 0.717) is 29.0 Å². The summed E-state index contributed by atoms with van der Waals surface area (Å²) in [6.45, 7) is 12.3. The topological polar surface area (TPSA) is 248 Å². The number of methoxy groups -OCH3 is 2. The summed E-state index contributed by atoms with van der Waals surface area (Å²) in [5, 5.41) is 24.2. The maximum Gasteiger partial charge on any atom is 0.416 e. The van der Waals surface area contributed by atoms with Crippen LogP contribution in [0.15, 0.2) is 120 Å². The fraction of sp³-hybridized carbons (Fsp3) is 0.321. The molecule has 0 saturated heterocycles. The van der Waals surface area contributed by atoms with Gasteiger partial charge in [-0.25, -0.2) is 36.0 Å². The molecule has 19 nitrogen and oxygen atoms in total. The number of amides is 4. The average Bonchev–Trinajstić information content (AvgIpc) is 3.49. The van der Waals surface area contributed by atoms with E-state index in [9.17, 15) is 46.2 Å². The summed E-state index contributed by atoms with van der Waals surface area (Å²) in [7, 11) is -2.57. The van der Waals surface area contributed by atoms with Gasteiger partial charge in [0.2, 0.25) is 10.0 Å². The van der Waals surface area contributed by atoms with Crippen LogP contribution in [0.2, 0.25) is 0 Å². The molecule has 0 aromatic heterocycles. The number of nitrogens with zero attached hydrogens (tertiary/aromatic N) is 3. The molecule has 74 heavy (non-hydrogen) atoms. The third kappa shape index (κ3) is 12.2. The molecule has 4 aromatic carbocycles. The van der Waals surface area contributed by atoms with Crippen LogP contribution < -0.4 is 24.4 Å². The van der Waals surface area contributed by atoms with Gasteiger partial charge in [0.1, 0.15) is 24.7 Å². The summed E-state index contributed by atoms with van der Waals surface area (Å²) in [5.41, 5.74) is 5.56. The molecule has 4 amide bonds. The number of aryl methyl sites for hydroxylation is 2. The molecule has 3 atom stereocenters. The first-order chi connectivity index (χ1) is 35.3. The molecule has 3 aliphatic heterocycles. The van der Waals surface area contributed by atoms with Crippen LogP contribution >= 0.6 is 0 Å². The van der Waals surface area contributed by atoms with Gasteiger partial charge >= 0.3 is 12.2 Å². The minimum Gasteiger partial charge on any atom is -0.496 e. The lowest BCUT2D eigenvalue weighted by Crippen LogP contribution is -2.54. The van der Waals surface area contributed by atoms with E-state index < -0.39 is 56.3 Å². The maximum atomic E-state index is 13.7. The Bertz CT molecular complexity index is 3080. The molecule has 0 aliphatic carbocycles. The van der Waals surface area contributed by atoms with Crippen molar-refractivity contribution in [1.29, 1.82) is 0 Å². The van der Waals surface area contributed by atoms with Gasteiger partial charge in [0.15, 0.2) is 16.1 Å². The highest BCUT2D eigenvalue weighted by Crippen LogP contribution is 2.40. The number of aliphatic hydroxyl groups is 2. The van der Waals surface area contributed by atoms with Crippen molar-refractivity contribution in [2.45, 2.75) is 61.7 Å². The number of carbonyl (C=O) groups is 4. The van der Waals surface area contributed by atoms with E-state index in [0.717, 1.165) is 27.2 Å². The second kappa shape index (κ2) is 24.2. The minimum absolute atomic E-state index is 0.0158. The molecule has 3 aliphatic rings.